The lowest BCUT2D eigenvalue weighted by atomic mass is 10.1. The highest BCUT2D eigenvalue weighted by atomic mass is 32.1. The molecule has 0 saturated carbocycles. The zero-order valence-corrected chi connectivity index (χ0v) is 8.95. The van der Waals surface area contributed by atoms with Crippen molar-refractivity contribution in [1.29, 1.82) is 0 Å². The maximum atomic E-state index is 5.31. The Morgan fingerprint density at radius 1 is 1.40 bits per heavy atom. The third-order valence-electron chi connectivity index (χ3n) is 2.02. The van der Waals surface area contributed by atoms with E-state index in [4.69, 9.17) is 21.4 Å². The van der Waals surface area contributed by atoms with E-state index in [1.54, 1.807) is 7.11 Å². The molecule has 0 bridgehead atoms. The molecule has 0 aliphatic heterocycles. The van der Waals surface area contributed by atoms with Gasteiger partial charge in [0.2, 0.25) is 5.89 Å². The van der Waals surface area contributed by atoms with Crippen molar-refractivity contribution in [2.24, 2.45) is 0 Å². The second-order valence-electron chi connectivity index (χ2n) is 2.98. The quantitative estimate of drug-likeness (QED) is 0.810. The lowest BCUT2D eigenvalue weighted by molar-refractivity contribution is 0.111. The first kappa shape index (κ1) is 10.1. The molecule has 0 amide bonds. The molecule has 0 spiro atoms. The molecular formula is C10H10N2O2S. The predicted molar refractivity (Wildman–Crippen MR) is 57.0 cm³/mol. The summed E-state index contributed by atoms with van der Waals surface area (Å²) in [6.45, 7) is 0. The van der Waals surface area contributed by atoms with Crippen molar-refractivity contribution in [1.82, 2.24) is 10.2 Å². The average molecular weight is 222 g/mol. The van der Waals surface area contributed by atoms with Crippen molar-refractivity contribution in [3.05, 3.63) is 46.6 Å². The number of ether oxygens (including phenoxy) is 1. The van der Waals surface area contributed by atoms with Gasteiger partial charge in [-0.1, -0.05) is 30.3 Å². The highest BCUT2D eigenvalue weighted by Crippen LogP contribution is 2.22. The van der Waals surface area contributed by atoms with Crippen LogP contribution in [0.1, 0.15) is 17.6 Å². The molecular weight excluding hydrogens is 212 g/mol. The van der Waals surface area contributed by atoms with Gasteiger partial charge in [0.25, 0.3) is 4.84 Å². The van der Waals surface area contributed by atoms with E-state index in [-0.39, 0.29) is 10.9 Å². The molecule has 0 fully saturated rings. The topological polar surface area (TPSA) is 51.0 Å². The van der Waals surface area contributed by atoms with Crippen molar-refractivity contribution >= 4 is 12.2 Å². The maximum Gasteiger partial charge on any atom is 0.284 e. The molecule has 1 atom stereocenters. The normalized spacial score (nSPS) is 12.6. The number of H-pyrrole nitrogens is 1. The van der Waals surface area contributed by atoms with E-state index in [2.05, 4.69) is 10.2 Å². The molecule has 1 aromatic carbocycles. The van der Waals surface area contributed by atoms with Crippen LogP contribution in [0.15, 0.2) is 34.7 Å². The van der Waals surface area contributed by atoms with Crippen molar-refractivity contribution in [2.75, 3.05) is 7.11 Å². The molecule has 0 saturated heterocycles. The Bertz CT molecular complexity index is 477. The van der Waals surface area contributed by atoms with Crippen molar-refractivity contribution in [3.8, 4) is 0 Å². The monoisotopic (exact) mass is 222 g/mol. The van der Waals surface area contributed by atoms with Gasteiger partial charge in [-0.05, 0) is 17.8 Å². The van der Waals surface area contributed by atoms with Gasteiger partial charge in [-0.15, -0.1) is 5.10 Å². The summed E-state index contributed by atoms with van der Waals surface area (Å²) in [6, 6.07) is 9.70. The summed E-state index contributed by atoms with van der Waals surface area (Å²) in [5.74, 6) is 0.439. The van der Waals surface area contributed by atoms with Gasteiger partial charge in [0, 0.05) is 7.11 Å². The van der Waals surface area contributed by atoms with E-state index >= 15 is 0 Å². The van der Waals surface area contributed by atoms with E-state index < -0.39 is 0 Å². The zero-order chi connectivity index (χ0) is 10.7. The largest absolute Gasteiger partial charge is 0.411 e. The second kappa shape index (κ2) is 4.37. The Kier molecular flexibility index (Phi) is 2.94. The van der Waals surface area contributed by atoms with E-state index in [0.29, 0.717) is 5.89 Å². The molecule has 1 aromatic heterocycles. The summed E-state index contributed by atoms with van der Waals surface area (Å²) in [6.07, 6.45) is -0.320. The molecule has 2 rings (SSSR count). The third kappa shape index (κ3) is 2.14. The molecule has 5 heteroatoms. The summed E-state index contributed by atoms with van der Waals surface area (Å²) in [5, 5.41) is 6.51. The van der Waals surface area contributed by atoms with E-state index in [1.165, 1.54) is 0 Å². The summed E-state index contributed by atoms with van der Waals surface area (Å²) >= 11 is 4.81. The minimum absolute atomic E-state index is 0.253. The van der Waals surface area contributed by atoms with Crippen LogP contribution in [0.3, 0.4) is 0 Å². The van der Waals surface area contributed by atoms with Crippen LogP contribution < -0.4 is 0 Å². The Balaban J connectivity index is 2.37. The Hall–Kier alpha value is -1.46. The summed E-state index contributed by atoms with van der Waals surface area (Å²) < 4.78 is 10.5. The SMILES string of the molecule is COC(c1ccccc1)c1n[nH]c(=S)o1. The molecule has 0 aliphatic rings. The van der Waals surface area contributed by atoms with Crippen molar-refractivity contribution in [2.45, 2.75) is 6.10 Å². The number of aromatic nitrogens is 2. The van der Waals surface area contributed by atoms with Crippen LogP contribution in [0.2, 0.25) is 0 Å². The number of methoxy groups -OCH3 is 1. The predicted octanol–water partition coefficient (Wildman–Crippen LogP) is 2.47. The van der Waals surface area contributed by atoms with Gasteiger partial charge >= 0.3 is 0 Å². The van der Waals surface area contributed by atoms with Crippen LogP contribution >= 0.6 is 12.2 Å². The van der Waals surface area contributed by atoms with E-state index in [9.17, 15) is 0 Å². The number of nitrogens with zero attached hydrogens (tertiary/aromatic N) is 1. The smallest absolute Gasteiger partial charge is 0.284 e. The van der Waals surface area contributed by atoms with Gasteiger partial charge in [0.15, 0.2) is 6.10 Å². The first-order valence-corrected chi connectivity index (χ1v) is 4.85. The molecule has 0 radical (unpaired) electrons. The molecule has 1 N–H and O–H groups in total. The minimum Gasteiger partial charge on any atom is -0.411 e. The number of rotatable bonds is 3. The highest BCUT2D eigenvalue weighted by molar-refractivity contribution is 7.71. The van der Waals surface area contributed by atoms with Crippen LogP contribution in [0.5, 0.6) is 0 Å². The number of hydrogen-bond acceptors (Lipinski definition) is 4. The molecule has 1 unspecified atom stereocenters. The van der Waals surface area contributed by atoms with Gasteiger partial charge in [-0.3, -0.25) is 0 Å². The minimum atomic E-state index is -0.320. The first-order chi connectivity index (χ1) is 7.31. The maximum absolute atomic E-state index is 5.31. The summed E-state index contributed by atoms with van der Waals surface area (Å²) in [5.41, 5.74) is 0.977. The van der Waals surface area contributed by atoms with Crippen LogP contribution in [-0.4, -0.2) is 17.3 Å². The number of benzene rings is 1. The van der Waals surface area contributed by atoms with Crippen LogP contribution in [-0.2, 0) is 4.74 Å². The number of nitrogens with one attached hydrogen (secondary N) is 1. The lowest BCUT2D eigenvalue weighted by Gasteiger charge is -2.10. The van der Waals surface area contributed by atoms with Gasteiger partial charge < -0.3 is 9.15 Å². The number of hydrogen-bond donors (Lipinski definition) is 1. The van der Waals surface area contributed by atoms with Crippen LogP contribution in [0.4, 0.5) is 0 Å². The Morgan fingerprint density at radius 3 is 2.67 bits per heavy atom. The molecule has 78 valence electrons. The Labute approximate surface area is 91.9 Å². The van der Waals surface area contributed by atoms with Gasteiger partial charge in [0.1, 0.15) is 0 Å². The molecule has 4 nitrogen and oxygen atoms in total. The fraction of sp³-hybridized carbons (Fsp3) is 0.200. The van der Waals surface area contributed by atoms with Gasteiger partial charge in [0.05, 0.1) is 0 Å². The second-order valence-corrected chi connectivity index (χ2v) is 3.35. The number of aromatic amines is 1. The highest BCUT2D eigenvalue weighted by Gasteiger charge is 2.17. The molecule has 15 heavy (non-hydrogen) atoms. The van der Waals surface area contributed by atoms with Crippen LogP contribution in [0, 0.1) is 4.84 Å². The average Bonchev–Trinajstić information content (AvgIpc) is 2.68. The Morgan fingerprint density at radius 2 is 2.13 bits per heavy atom. The summed E-state index contributed by atoms with van der Waals surface area (Å²) in [7, 11) is 1.60. The van der Waals surface area contributed by atoms with Crippen molar-refractivity contribution in [3.63, 3.8) is 0 Å². The first-order valence-electron chi connectivity index (χ1n) is 4.44. The molecule has 2 aromatic rings. The summed E-state index contributed by atoms with van der Waals surface area (Å²) in [4.78, 5) is 0.253. The van der Waals surface area contributed by atoms with Crippen molar-refractivity contribution < 1.29 is 9.15 Å². The molecule has 1 heterocycles. The zero-order valence-electron chi connectivity index (χ0n) is 8.14. The standard InChI is InChI=1S/C10H10N2O2S/c1-13-8(7-5-3-2-4-6-7)9-11-12-10(15)14-9/h2-6,8H,1H3,(H,12,15). The van der Waals surface area contributed by atoms with Gasteiger partial charge in [-0.25, -0.2) is 5.10 Å². The third-order valence-corrected chi connectivity index (χ3v) is 2.19. The van der Waals surface area contributed by atoms with E-state index in [1.807, 2.05) is 30.3 Å². The van der Waals surface area contributed by atoms with Crippen LogP contribution in [0.25, 0.3) is 0 Å². The molecule has 0 aliphatic carbocycles. The fourth-order valence-electron chi connectivity index (χ4n) is 1.36. The lowest BCUT2D eigenvalue weighted by Crippen LogP contribution is -2.03. The fourth-order valence-corrected chi connectivity index (χ4v) is 1.49. The van der Waals surface area contributed by atoms with Gasteiger partial charge in [-0.2, -0.15) is 0 Å². The van der Waals surface area contributed by atoms with E-state index in [0.717, 1.165) is 5.56 Å².